The van der Waals surface area contributed by atoms with E-state index in [4.69, 9.17) is 21.4 Å². The molecule has 5 heteroatoms. The van der Waals surface area contributed by atoms with E-state index in [0.717, 1.165) is 5.69 Å². The zero-order valence-electron chi connectivity index (χ0n) is 8.03. The number of rotatable bonds is 5. The first-order chi connectivity index (χ1) is 6.72. The number of nitrogens with zero attached hydrogens (tertiary/aromatic N) is 2. The lowest BCUT2D eigenvalue weighted by atomic mass is 10.4. The number of aliphatic hydroxyl groups is 1. The van der Waals surface area contributed by atoms with Crippen molar-refractivity contribution in [2.24, 2.45) is 0 Å². The summed E-state index contributed by atoms with van der Waals surface area (Å²) in [5.41, 5.74) is 0.825. The molecule has 1 aromatic heterocycles. The fourth-order valence-electron chi connectivity index (χ4n) is 0.983. The molecule has 1 aromatic rings. The molecule has 0 atom stereocenters. The summed E-state index contributed by atoms with van der Waals surface area (Å²) in [6, 6.07) is 1.69. The first-order valence-electron chi connectivity index (χ1n) is 4.41. The average molecular weight is 217 g/mol. The van der Waals surface area contributed by atoms with E-state index in [2.05, 4.69) is 9.97 Å². The van der Waals surface area contributed by atoms with E-state index in [9.17, 15) is 0 Å². The molecule has 0 bridgehead atoms. The summed E-state index contributed by atoms with van der Waals surface area (Å²) in [5, 5.41) is 8.95. The van der Waals surface area contributed by atoms with Crippen LogP contribution in [0.5, 0.6) is 0 Å². The number of halogens is 1. The number of hydrogen-bond acceptors (Lipinski definition) is 4. The van der Waals surface area contributed by atoms with Gasteiger partial charge in [0.05, 0.1) is 0 Å². The van der Waals surface area contributed by atoms with Gasteiger partial charge in [-0.2, -0.15) is 0 Å². The van der Waals surface area contributed by atoms with Gasteiger partial charge in [0.25, 0.3) is 0 Å². The Morgan fingerprint density at radius 3 is 2.93 bits per heavy atom. The Morgan fingerprint density at radius 1 is 1.50 bits per heavy atom. The van der Waals surface area contributed by atoms with Crippen molar-refractivity contribution in [1.29, 1.82) is 0 Å². The predicted octanol–water partition coefficient (Wildman–Crippen LogP) is 1.34. The fraction of sp³-hybridized carbons (Fsp3) is 0.556. The maximum Gasteiger partial charge on any atom is 0.155 e. The lowest BCUT2D eigenvalue weighted by Crippen LogP contribution is -2.02. The van der Waals surface area contributed by atoms with Crippen molar-refractivity contribution >= 4 is 11.6 Å². The van der Waals surface area contributed by atoms with Crippen LogP contribution >= 0.6 is 11.6 Å². The maximum atomic E-state index is 8.52. The molecule has 1 N–H and O–H groups in total. The Kier molecular flexibility index (Phi) is 4.79. The van der Waals surface area contributed by atoms with Crippen LogP contribution in [-0.2, 0) is 11.3 Å². The van der Waals surface area contributed by atoms with Gasteiger partial charge in [-0.3, -0.25) is 0 Å². The zero-order valence-corrected chi connectivity index (χ0v) is 8.79. The van der Waals surface area contributed by atoms with Crippen LogP contribution in [-0.4, -0.2) is 28.3 Å². The highest BCUT2D eigenvalue weighted by molar-refractivity contribution is 6.29. The molecule has 0 unspecified atom stereocenters. The van der Waals surface area contributed by atoms with Gasteiger partial charge >= 0.3 is 0 Å². The third-order valence-electron chi connectivity index (χ3n) is 1.55. The molecule has 0 aliphatic carbocycles. The highest BCUT2D eigenvalue weighted by Crippen LogP contribution is 2.06. The summed E-state index contributed by atoms with van der Waals surface area (Å²) in [6.07, 6.45) is 0.625. The number of hydrogen-bond donors (Lipinski definition) is 1. The van der Waals surface area contributed by atoms with Crippen LogP contribution in [0.4, 0.5) is 0 Å². The quantitative estimate of drug-likeness (QED) is 0.596. The smallest absolute Gasteiger partial charge is 0.155 e. The number of ether oxygens (including phenoxy) is 1. The molecule has 1 rings (SSSR count). The third kappa shape index (κ3) is 4.00. The van der Waals surface area contributed by atoms with Crippen LogP contribution in [0.2, 0.25) is 5.15 Å². The van der Waals surface area contributed by atoms with E-state index >= 15 is 0 Å². The summed E-state index contributed by atoms with van der Waals surface area (Å²) < 4.78 is 5.23. The first-order valence-corrected chi connectivity index (χ1v) is 4.79. The van der Waals surface area contributed by atoms with E-state index in [1.807, 2.05) is 6.92 Å². The second kappa shape index (κ2) is 5.90. The monoisotopic (exact) mass is 216 g/mol. The van der Waals surface area contributed by atoms with Gasteiger partial charge in [0, 0.05) is 18.9 Å². The molecule has 0 radical (unpaired) electrons. The van der Waals surface area contributed by atoms with E-state index in [1.54, 1.807) is 6.07 Å². The van der Waals surface area contributed by atoms with Gasteiger partial charge in [-0.15, -0.1) is 0 Å². The fourth-order valence-corrected chi connectivity index (χ4v) is 1.24. The van der Waals surface area contributed by atoms with Crippen molar-refractivity contribution in [2.45, 2.75) is 20.0 Å². The van der Waals surface area contributed by atoms with Crippen LogP contribution in [0.3, 0.4) is 0 Å². The summed E-state index contributed by atoms with van der Waals surface area (Å²) in [6.45, 7) is 2.83. The number of aromatic nitrogens is 2. The highest BCUT2D eigenvalue weighted by atomic mass is 35.5. The molecule has 0 aromatic carbocycles. The Morgan fingerprint density at radius 2 is 2.29 bits per heavy atom. The second-order valence-corrected chi connectivity index (χ2v) is 3.27. The minimum Gasteiger partial charge on any atom is -0.396 e. The molecule has 0 aliphatic rings. The lowest BCUT2D eigenvalue weighted by Gasteiger charge is -2.03. The summed E-state index contributed by atoms with van der Waals surface area (Å²) >= 11 is 5.74. The van der Waals surface area contributed by atoms with Gasteiger partial charge in [0.1, 0.15) is 11.8 Å². The minimum atomic E-state index is 0.134. The summed E-state index contributed by atoms with van der Waals surface area (Å²) in [5.74, 6) is 0.577. The van der Waals surface area contributed by atoms with Crippen molar-refractivity contribution in [3.8, 4) is 0 Å². The molecular weight excluding hydrogens is 204 g/mol. The van der Waals surface area contributed by atoms with Gasteiger partial charge in [0.2, 0.25) is 0 Å². The Balaban J connectivity index is 2.42. The molecule has 14 heavy (non-hydrogen) atoms. The van der Waals surface area contributed by atoms with Gasteiger partial charge < -0.3 is 9.84 Å². The molecule has 0 spiro atoms. The van der Waals surface area contributed by atoms with E-state index in [-0.39, 0.29) is 6.61 Å². The Hall–Kier alpha value is -0.710. The third-order valence-corrected chi connectivity index (χ3v) is 1.74. The van der Waals surface area contributed by atoms with Crippen LogP contribution < -0.4 is 0 Å². The van der Waals surface area contributed by atoms with Gasteiger partial charge in [-0.05, 0) is 19.4 Å². The highest BCUT2D eigenvalue weighted by Gasteiger charge is 2.00. The van der Waals surface area contributed by atoms with Crippen LogP contribution in [0, 0.1) is 6.92 Å². The minimum absolute atomic E-state index is 0.134. The summed E-state index contributed by atoms with van der Waals surface area (Å²) in [4.78, 5) is 8.15. The van der Waals surface area contributed by atoms with Crippen molar-refractivity contribution in [3.05, 3.63) is 22.7 Å². The molecule has 0 fully saturated rings. The maximum absolute atomic E-state index is 8.52. The van der Waals surface area contributed by atoms with Gasteiger partial charge in [0.15, 0.2) is 5.82 Å². The number of aliphatic hydroxyl groups excluding tert-OH is 1. The first kappa shape index (κ1) is 11.4. The summed E-state index contributed by atoms with van der Waals surface area (Å²) in [7, 11) is 0. The van der Waals surface area contributed by atoms with Gasteiger partial charge in [-0.25, -0.2) is 9.97 Å². The SMILES string of the molecule is Cc1cc(Cl)nc(COCCCO)n1. The Labute approximate surface area is 87.9 Å². The molecular formula is C9H13ClN2O2. The van der Waals surface area contributed by atoms with Crippen LogP contribution in [0.25, 0.3) is 0 Å². The van der Waals surface area contributed by atoms with Crippen molar-refractivity contribution < 1.29 is 9.84 Å². The molecule has 0 saturated carbocycles. The second-order valence-electron chi connectivity index (χ2n) is 2.88. The topological polar surface area (TPSA) is 55.2 Å². The standard InChI is InChI=1S/C9H13ClN2O2/c1-7-5-8(10)12-9(11-7)6-14-4-2-3-13/h5,13H,2-4,6H2,1H3. The van der Waals surface area contributed by atoms with Crippen molar-refractivity contribution in [3.63, 3.8) is 0 Å². The lowest BCUT2D eigenvalue weighted by molar-refractivity contribution is 0.0993. The molecule has 1 heterocycles. The molecule has 4 nitrogen and oxygen atoms in total. The normalized spacial score (nSPS) is 10.5. The molecule has 78 valence electrons. The largest absolute Gasteiger partial charge is 0.396 e. The average Bonchev–Trinajstić information content (AvgIpc) is 2.11. The number of aryl methyl sites for hydroxylation is 1. The van der Waals surface area contributed by atoms with E-state index in [0.29, 0.717) is 30.6 Å². The molecule has 0 aliphatic heterocycles. The van der Waals surface area contributed by atoms with E-state index in [1.165, 1.54) is 0 Å². The molecule has 0 amide bonds. The Bertz CT molecular complexity index is 274. The predicted molar refractivity (Wildman–Crippen MR) is 53.1 cm³/mol. The zero-order chi connectivity index (χ0) is 10.4. The van der Waals surface area contributed by atoms with Crippen molar-refractivity contribution in [1.82, 2.24) is 9.97 Å². The van der Waals surface area contributed by atoms with Crippen molar-refractivity contribution in [2.75, 3.05) is 13.2 Å². The molecule has 0 saturated heterocycles. The van der Waals surface area contributed by atoms with E-state index < -0.39 is 0 Å². The van der Waals surface area contributed by atoms with Crippen LogP contribution in [0.15, 0.2) is 6.07 Å². The van der Waals surface area contributed by atoms with Gasteiger partial charge in [-0.1, -0.05) is 11.6 Å². The van der Waals surface area contributed by atoms with Crippen LogP contribution in [0.1, 0.15) is 17.9 Å².